The van der Waals surface area contributed by atoms with Gasteiger partial charge in [-0.15, -0.1) is 0 Å². The van der Waals surface area contributed by atoms with Crippen molar-refractivity contribution in [3.8, 4) is 5.75 Å². The monoisotopic (exact) mass is 671 g/mol. The summed E-state index contributed by atoms with van der Waals surface area (Å²) in [6, 6.07) is 3.29. The van der Waals surface area contributed by atoms with Crippen LogP contribution in [0.15, 0.2) is 24.0 Å². The summed E-state index contributed by atoms with van der Waals surface area (Å²) in [5.41, 5.74) is -1.24. The predicted octanol–water partition coefficient (Wildman–Crippen LogP) is 2.92. The third kappa shape index (κ3) is 6.29. The molecule has 2 bridgehead atoms. The molecule has 1 saturated heterocycles. The van der Waals surface area contributed by atoms with Crippen LogP contribution in [-0.4, -0.2) is 95.6 Å². The molecule has 1 unspecified atom stereocenters. The highest BCUT2D eigenvalue weighted by molar-refractivity contribution is 5.94. The smallest absolute Gasteiger partial charge is 0.352 e. The van der Waals surface area contributed by atoms with E-state index < -0.39 is 71.2 Å². The molecule has 4 aliphatic rings. The van der Waals surface area contributed by atoms with Crippen LogP contribution in [0.4, 0.5) is 0 Å². The molecule has 262 valence electrons. The highest BCUT2D eigenvalue weighted by atomic mass is 16.6. The second-order valence-corrected chi connectivity index (χ2v) is 14.5. The molecule has 2 heterocycles. The zero-order valence-corrected chi connectivity index (χ0v) is 28.7. The molecule has 0 amide bonds. The number of piperidine rings is 1. The van der Waals surface area contributed by atoms with Gasteiger partial charge < -0.3 is 38.4 Å². The Morgan fingerprint density at radius 1 is 1.08 bits per heavy atom. The molecular weight excluding hydrogens is 626 g/mol. The number of carbonyl (C=O) groups excluding carboxylic acids is 5. The number of likely N-dealkylation sites (N-methyl/N-ethyl adjacent to an activating group) is 1. The Balaban J connectivity index is 1.40. The molecule has 1 spiro atoms. The topological polar surface area (TPSA) is 164 Å². The van der Waals surface area contributed by atoms with Gasteiger partial charge in [0.05, 0.1) is 24.0 Å². The summed E-state index contributed by atoms with van der Waals surface area (Å²) in [4.78, 5) is 65.8. The van der Waals surface area contributed by atoms with Crippen molar-refractivity contribution < 1.29 is 57.5 Å². The third-order valence-electron chi connectivity index (χ3n) is 9.34. The fourth-order valence-electron chi connectivity index (χ4n) is 7.29. The molecule has 1 aromatic rings. The van der Waals surface area contributed by atoms with Gasteiger partial charge in [-0.25, -0.2) is 14.4 Å². The van der Waals surface area contributed by atoms with Crippen molar-refractivity contribution in [2.45, 2.75) is 115 Å². The van der Waals surface area contributed by atoms with Crippen molar-refractivity contribution in [3.63, 3.8) is 0 Å². The van der Waals surface area contributed by atoms with Crippen molar-refractivity contribution in [2.75, 3.05) is 20.2 Å². The quantitative estimate of drug-likeness (QED) is 0.286. The summed E-state index contributed by atoms with van der Waals surface area (Å²) >= 11 is 0. The van der Waals surface area contributed by atoms with Gasteiger partial charge in [0.2, 0.25) is 6.10 Å². The number of hydrogen-bond acceptors (Lipinski definition) is 13. The second kappa shape index (κ2) is 12.8. The molecule has 13 nitrogen and oxygen atoms in total. The molecule has 48 heavy (non-hydrogen) atoms. The van der Waals surface area contributed by atoms with Crippen LogP contribution < -0.4 is 4.74 Å². The molecule has 1 fully saturated rings. The average molecular weight is 672 g/mol. The van der Waals surface area contributed by atoms with Gasteiger partial charge in [-0.3, -0.25) is 9.59 Å². The van der Waals surface area contributed by atoms with Crippen LogP contribution in [0.5, 0.6) is 5.75 Å². The lowest BCUT2D eigenvalue weighted by molar-refractivity contribution is -0.182. The van der Waals surface area contributed by atoms with Crippen LogP contribution in [-0.2, 0) is 54.7 Å². The van der Waals surface area contributed by atoms with Crippen LogP contribution in [0.3, 0.4) is 0 Å². The Kier molecular flexibility index (Phi) is 9.43. The minimum Gasteiger partial charge on any atom is -0.480 e. The van der Waals surface area contributed by atoms with Crippen molar-refractivity contribution in [1.82, 2.24) is 4.90 Å². The normalized spacial score (nSPS) is 26.7. The number of rotatable bonds is 10. The molecule has 5 rings (SSSR count). The molecule has 1 N–H and O–H groups in total. The first kappa shape index (κ1) is 35.3. The molecule has 13 heteroatoms. The summed E-state index contributed by atoms with van der Waals surface area (Å²) in [6.45, 7) is 12.1. The van der Waals surface area contributed by atoms with E-state index in [9.17, 15) is 29.1 Å². The molecule has 2 aliphatic heterocycles. The van der Waals surface area contributed by atoms with Gasteiger partial charge >= 0.3 is 29.8 Å². The summed E-state index contributed by atoms with van der Waals surface area (Å²) in [5.74, 6) is -3.78. The van der Waals surface area contributed by atoms with E-state index in [2.05, 4.69) is 4.90 Å². The van der Waals surface area contributed by atoms with E-state index in [-0.39, 0.29) is 36.3 Å². The number of carbonyl (C=O) groups is 5. The highest BCUT2D eigenvalue weighted by Crippen LogP contribution is 2.64. The second-order valence-electron chi connectivity index (χ2n) is 14.5. The van der Waals surface area contributed by atoms with Crippen molar-refractivity contribution in [2.24, 2.45) is 5.92 Å². The maximum absolute atomic E-state index is 13.4. The number of ether oxygens (including phenoxy) is 6. The van der Waals surface area contributed by atoms with Gasteiger partial charge in [-0.2, -0.15) is 0 Å². The lowest BCUT2D eigenvalue weighted by Gasteiger charge is -2.61. The van der Waals surface area contributed by atoms with E-state index in [1.807, 2.05) is 27.0 Å². The molecule has 6 atom stereocenters. The number of benzene rings is 1. The van der Waals surface area contributed by atoms with Crippen LogP contribution in [0.25, 0.3) is 0 Å². The first-order chi connectivity index (χ1) is 22.4. The maximum atomic E-state index is 13.4. The number of likely N-dealkylation sites (tertiary alicyclic amines) is 1. The van der Waals surface area contributed by atoms with Crippen LogP contribution >= 0.6 is 0 Å². The largest absolute Gasteiger partial charge is 0.480 e. The number of hydrogen-bond donors (Lipinski definition) is 1. The standard InChI is InChI=1S/C35H45NO12/c1-18(2)17-43-26(38)16-24(45-20(4)37)32(41)44-19(3)30(39)46-23-11-12-35(42)25-15-21-9-10-22(31(40)48-33(5,6)7)28-27(21)34(35,29(23)47-28)13-14-36(25)8/h9-11,18-19,24-25,29,42H,12-17H2,1-8H3/t19-,24-,25?,29-,34-,35+/m0/s1. The molecule has 1 aromatic carbocycles. The fraction of sp³-hybridized carbons (Fsp3) is 0.629. The van der Waals surface area contributed by atoms with E-state index in [0.717, 1.165) is 18.1 Å². The van der Waals surface area contributed by atoms with Crippen molar-refractivity contribution in [1.29, 1.82) is 0 Å². The summed E-state index contributed by atoms with van der Waals surface area (Å²) < 4.78 is 33.5. The van der Waals surface area contributed by atoms with E-state index in [1.54, 1.807) is 32.9 Å². The van der Waals surface area contributed by atoms with E-state index in [1.165, 1.54) is 6.92 Å². The molecule has 2 aliphatic carbocycles. The average Bonchev–Trinajstić information content (AvgIpc) is 3.33. The number of esters is 5. The molecular formula is C35H45NO12. The van der Waals surface area contributed by atoms with Crippen LogP contribution in [0.2, 0.25) is 0 Å². The lowest BCUT2D eigenvalue weighted by atomic mass is 9.50. The Morgan fingerprint density at radius 2 is 1.79 bits per heavy atom. The Labute approximate surface area is 279 Å². The maximum Gasteiger partial charge on any atom is 0.352 e. The Bertz CT molecular complexity index is 1540. The Hall–Kier alpha value is -3.97. The third-order valence-corrected chi connectivity index (χ3v) is 9.34. The van der Waals surface area contributed by atoms with Gasteiger partial charge in [-0.05, 0) is 77.8 Å². The molecule has 0 aromatic heterocycles. The van der Waals surface area contributed by atoms with E-state index >= 15 is 0 Å². The lowest BCUT2D eigenvalue weighted by Crippen LogP contribution is -2.74. The minimum atomic E-state index is -1.63. The Morgan fingerprint density at radius 3 is 2.44 bits per heavy atom. The highest BCUT2D eigenvalue weighted by Gasteiger charge is 2.72. The van der Waals surface area contributed by atoms with Gasteiger partial charge in [0.25, 0.3) is 0 Å². The molecule has 0 saturated carbocycles. The van der Waals surface area contributed by atoms with Crippen molar-refractivity contribution in [3.05, 3.63) is 40.7 Å². The summed E-state index contributed by atoms with van der Waals surface area (Å²) in [5, 5.41) is 12.5. The molecule has 0 radical (unpaired) electrons. The zero-order chi connectivity index (χ0) is 35.3. The SMILES string of the molecule is CC(=O)O[C@@H](CC(=O)OCC(C)C)C(=O)O[C@@H](C)C(=O)OC1=CC[C@@]2(O)C3Cc4ccc(C(=O)OC(C)(C)C)c5c4[C@@]2(CCN3C)[C@H]1O5. The van der Waals surface area contributed by atoms with Crippen molar-refractivity contribution >= 4 is 29.8 Å². The first-order valence-corrected chi connectivity index (χ1v) is 16.3. The van der Waals surface area contributed by atoms with E-state index in [4.69, 9.17) is 28.4 Å². The van der Waals surface area contributed by atoms with Gasteiger partial charge in [0.1, 0.15) is 22.7 Å². The van der Waals surface area contributed by atoms with Crippen LogP contribution in [0, 0.1) is 5.92 Å². The number of nitrogens with zero attached hydrogens (tertiary/aromatic N) is 1. The van der Waals surface area contributed by atoms with Gasteiger partial charge in [0.15, 0.2) is 12.2 Å². The van der Waals surface area contributed by atoms with Gasteiger partial charge in [-0.1, -0.05) is 19.9 Å². The van der Waals surface area contributed by atoms with Gasteiger partial charge in [0, 0.05) is 24.9 Å². The predicted molar refractivity (Wildman–Crippen MR) is 168 cm³/mol. The summed E-state index contributed by atoms with van der Waals surface area (Å²) in [6.07, 6.45) is -1.93. The minimum absolute atomic E-state index is 0.0497. The van der Waals surface area contributed by atoms with E-state index in [0.29, 0.717) is 25.1 Å². The zero-order valence-electron chi connectivity index (χ0n) is 28.7. The first-order valence-electron chi connectivity index (χ1n) is 16.3. The fourth-order valence-corrected chi connectivity index (χ4v) is 7.29. The van der Waals surface area contributed by atoms with Crippen LogP contribution in [0.1, 0.15) is 89.2 Å². The summed E-state index contributed by atoms with van der Waals surface area (Å²) in [7, 11) is 1.96. The number of aliphatic hydroxyl groups is 1.